The largest absolute Gasteiger partial charge is 0.469 e. The van der Waals surface area contributed by atoms with E-state index in [1.807, 2.05) is 13.0 Å². The molecule has 1 aromatic rings. The van der Waals surface area contributed by atoms with E-state index in [4.69, 9.17) is 4.42 Å². The number of aliphatic hydroxyl groups is 1. The highest BCUT2D eigenvalue weighted by atomic mass is 16.3. The van der Waals surface area contributed by atoms with Gasteiger partial charge in [-0.05, 0) is 25.3 Å². The molecule has 0 fully saturated rings. The Bertz CT molecular complexity index is 277. The zero-order valence-electron chi connectivity index (χ0n) is 7.34. The van der Waals surface area contributed by atoms with Gasteiger partial charge in [-0.15, -0.1) is 0 Å². The fourth-order valence-electron chi connectivity index (χ4n) is 1.99. The molecule has 0 aliphatic heterocycles. The van der Waals surface area contributed by atoms with E-state index in [-0.39, 0.29) is 0 Å². The molecule has 0 saturated carbocycles. The highest BCUT2D eigenvalue weighted by Crippen LogP contribution is 2.37. The standard InChI is InChI=1S/C10H14O2/c1-2-10(11)6-3-4-9-8(10)5-7-12-9/h5,7,11H,2-4,6H2,1H3. The molecule has 0 radical (unpaired) electrons. The van der Waals surface area contributed by atoms with Gasteiger partial charge < -0.3 is 9.52 Å². The van der Waals surface area contributed by atoms with Crippen LogP contribution in [-0.2, 0) is 12.0 Å². The molecule has 1 atom stereocenters. The lowest BCUT2D eigenvalue weighted by Crippen LogP contribution is -2.28. The summed E-state index contributed by atoms with van der Waals surface area (Å²) in [5.41, 5.74) is 0.400. The molecule has 2 heteroatoms. The van der Waals surface area contributed by atoms with Crippen LogP contribution >= 0.6 is 0 Å². The van der Waals surface area contributed by atoms with Crippen LogP contribution in [0.15, 0.2) is 16.7 Å². The van der Waals surface area contributed by atoms with Crippen molar-refractivity contribution in [3.63, 3.8) is 0 Å². The first-order chi connectivity index (χ1) is 5.76. The van der Waals surface area contributed by atoms with Crippen molar-refractivity contribution < 1.29 is 9.52 Å². The van der Waals surface area contributed by atoms with E-state index < -0.39 is 5.60 Å². The summed E-state index contributed by atoms with van der Waals surface area (Å²) in [7, 11) is 0. The van der Waals surface area contributed by atoms with Crippen molar-refractivity contribution in [2.24, 2.45) is 0 Å². The second-order valence-corrected chi connectivity index (χ2v) is 3.50. The lowest BCUT2D eigenvalue weighted by molar-refractivity contribution is 0.0127. The van der Waals surface area contributed by atoms with E-state index in [0.29, 0.717) is 0 Å². The monoisotopic (exact) mass is 166 g/mol. The Hall–Kier alpha value is -0.760. The predicted molar refractivity (Wildman–Crippen MR) is 45.8 cm³/mol. The predicted octanol–water partition coefficient (Wildman–Crippen LogP) is 2.21. The molecule has 2 nitrogen and oxygen atoms in total. The van der Waals surface area contributed by atoms with Gasteiger partial charge in [0.05, 0.1) is 11.9 Å². The van der Waals surface area contributed by atoms with Gasteiger partial charge in [0, 0.05) is 12.0 Å². The van der Waals surface area contributed by atoms with Crippen molar-refractivity contribution in [2.75, 3.05) is 0 Å². The van der Waals surface area contributed by atoms with Gasteiger partial charge in [-0.3, -0.25) is 0 Å². The van der Waals surface area contributed by atoms with Crippen molar-refractivity contribution in [1.82, 2.24) is 0 Å². The Labute approximate surface area is 72.2 Å². The van der Waals surface area contributed by atoms with Gasteiger partial charge in [0.1, 0.15) is 5.76 Å². The lowest BCUT2D eigenvalue weighted by atomic mass is 9.81. The van der Waals surface area contributed by atoms with Gasteiger partial charge in [0.25, 0.3) is 0 Å². The van der Waals surface area contributed by atoms with Gasteiger partial charge in [-0.1, -0.05) is 6.92 Å². The van der Waals surface area contributed by atoms with Gasteiger partial charge >= 0.3 is 0 Å². The number of hydrogen-bond donors (Lipinski definition) is 1. The molecule has 0 spiro atoms. The van der Waals surface area contributed by atoms with Crippen molar-refractivity contribution in [3.8, 4) is 0 Å². The zero-order valence-corrected chi connectivity index (χ0v) is 7.34. The maximum atomic E-state index is 10.2. The summed E-state index contributed by atoms with van der Waals surface area (Å²) in [5, 5.41) is 10.2. The summed E-state index contributed by atoms with van der Waals surface area (Å²) in [6, 6.07) is 1.90. The fraction of sp³-hybridized carbons (Fsp3) is 0.600. The van der Waals surface area contributed by atoms with Crippen LogP contribution in [0.25, 0.3) is 0 Å². The van der Waals surface area contributed by atoms with Crippen LogP contribution in [0, 0.1) is 0 Å². The molecule has 1 heterocycles. The second-order valence-electron chi connectivity index (χ2n) is 3.50. The summed E-state index contributed by atoms with van der Waals surface area (Å²) in [5.74, 6) is 0.977. The third-order valence-corrected chi connectivity index (χ3v) is 2.83. The van der Waals surface area contributed by atoms with Gasteiger partial charge in [-0.25, -0.2) is 0 Å². The third kappa shape index (κ3) is 0.985. The Balaban J connectivity index is 2.44. The van der Waals surface area contributed by atoms with Crippen molar-refractivity contribution in [3.05, 3.63) is 23.7 Å². The third-order valence-electron chi connectivity index (χ3n) is 2.83. The summed E-state index contributed by atoms with van der Waals surface area (Å²) >= 11 is 0. The summed E-state index contributed by atoms with van der Waals surface area (Å²) in [6.45, 7) is 2.02. The lowest BCUT2D eigenvalue weighted by Gasteiger charge is -2.30. The normalized spacial score (nSPS) is 28.5. The molecule has 12 heavy (non-hydrogen) atoms. The Morgan fingerprint density at radius 1 is 1.67 bits per heavy atom. The summed E-state index contributed by atoms with van der Waals surface area (Å²) in [6.07, 6.45) is 5.34. The number of furan rings is 1. The topological polar surface area (TPSA) is 33.4 Å². The van der Waals surface area contributed by atoms with Crippen molar-refractivity contribution in [2.45, 2.75) is 38.2 Å². The van der Waals surface area contributed by atoms with E-state index in [2.05, 4.69) is 0 Å². The van der Waals surface area contributed by atoms with Gasteiger partial charge in [0.2, 0.25) is 0 Å². The molecule has 1 N–H and O–H groups in total. The average molecular weight is 166 g/mol. The molecule has 0 saturated heterocycles. The molecule has 0 amide bonds. The van der Waals surface area contributed by atoms with E-state index in [1.165, 1.54) is 0 Å². The first-order valence-corrected chi connectivity index (χ1v) is 4.55. The minimum absolute atomic E-state index is 0.611. The van der Waals surface area contributed by atoms with Crippen molar-refractivity contribution >= 4 is 0 Å². The molecule has 0 aromatic carbocycles. The minimum atomic E-state index is -0.611. The fourth-order valence-corrected chi connectivity index (χ4v) is 1.99. The van der Waals surface area contributed by atoms with Crippen LogP contribution in [0.3, 0.4) is 0 Å². The second kappa shape index (κ2) is 2.63. The minimum Gasteiger partial charge on any atom is -0.469 e. The molecular weight excluding hydrogens is 152 g/mol. The molecule has 1 aliphatic carbocycles. The summed E-state index contributed by atoms with van der Waals surface area (Å²) < 4.78 is 5.29. The smallest absolute Gasteiger partial charge is 0.109 e. The zero-order chi connectivity index (χ0) is 8.60. The van der Waals surface area contributed by atoms with Gasteiger partial charge in [0.15, 0.2) is 0 Å². The number of fused-ring (bicyclic) bond motifs is 1. The van der Waals surface area contributed by atoms with Crippen LogP contribution in [0.5, 0.6) is 0 Å². The molecule has 1 aliphatic rings. The average Bonchev–Trinajstić information content (AvgIpc) is 2.54. The van der Waals surface area contributed by atoms with E-state index in [9.17, 15) is 5.11 Å². The van der Waals surface area contributed by atoms with Crippen LogP contribution < -0.4 is 0 Å². The Kier molecular flexibility index (Phi) is 1.72. The molecular formula is C10H14O2. The van der Waals surface area contributed by atoms with E-state index >= 15 is 0 Å². The summed E-state index contributed by atoms with van der Waals surface area (Å²) in [4.78, 5) is 0. The van der Waals surface area contributed by atoms with Crippen LogP contribution in [0.4, 0.5) is 0 Å². The highest BCUT2D eigenvalue weighted by Gasteiger charge is 2.34. The van der Waals surface area contributed by atoms with Crippen LogP contribution in [0.2, 0.25) is 0 Å². The van der Waals surface area contributed by atoms with E-state index in [0.717, 1.165) is 37.0 Å². The first-order valence-electron chi connectivity index (χ1n) is 4.55. The van der Waals surface area contributed by atoms with Crippen LogP contribution in [-0.4, -0.2) is 5.11 Å². The Morgan fingerprint density at radius 2 is 2.50 bits per heavy atom. The van der Waals surface area contributed by atoms with Crippen molar-refractivity contribution in [1.29, 1.82) is 0 Å². The highest BCUT2D eigenvalue weighted by molar-refractivity contribution is 5.27. The molecule has 0 bridgehead atoms. The molecule has 1 aromatic heterocycles. The quantitative estimate of drug-likeness (QED) is 0.694. The van der Waals surface area contributed by atoms with E-state index in [1.54, 1.807) is 6.26 Å². The maximum absolute atomic E-state index is 10.2. The Morgan fingerprint density at radius 3 is 3.25 bits per heavy atom. The maximum Gasteiger partial charge on any atom is 0.109 e. The van der Waals surface area contributed by atoms with Crippen LogP contribution in [0.1, 0.15) is 37.5 Å². The SMILES string of the molecule is CCC1(O)CCCc2occc21. The first kappa shape index (κ1) is 7.87. The number of hydrogen-bond acceptors (Lipinski definition) is 2. The molecule has 1 unspecified atom stereocenters. The number of rotatable bonds is 1. The molecule has 2 rings (SSSR count). The van der Waals surface area contributed by atoms with Gasteiger partial charge in [-0.2, -0.15) is 0 Å². The molecule has 66 valence electrons. The number of aryl methyl sites for hydroxylation is 1.